The number of rotatable bonds is 10. The van der Waals surface area contributed by atoms with Gasteiger partial charge in [-0.1, -0.05) is 13.8 Å². The summed E-state index contributed by atoms with van der Waals surface area (Å²) in [5.41, 5.74) is -1.16. The Morgan fingerprint density at radius 1 is 1.33 bits per heavy atom. The predicted molar refractivity (Wildman–Crippen MR) is 80.5 cm³/mol. The SMILES string of the molecule is C=C(OC(=C\CC)/C=C/C(C)(O)CCC(=O)CC)C(=O)O. The summed E-state index contributed by atoms with van der Waals surface area (Å²) in [6, 6.07) is 0. The third kappa shape index (κ3) is 8.81. The molecule has 1 unspecified atom stereocenters. The molecule has 0 fully saturated rings. The second-order valence-corrected chi connectivity index (χ2v) is 4.93. The average Bonchev–Trinajstić information content (AvgIpc) is 2.42. The minimum atomic E-state index is -1.24. The highest BCUT2D eigenvalue weighted by molar-refractivity contribution is 5.83. The second-order valence-electron chi connectivity index (χ2n) is 4.93. The molecule has 0 aromatic rings. The summed E-state index contributed by atoms with van der Waals surface area (Å²) in [5.74, 6) is -1.25. The summed E-state index contributed by atoms with van der Waals surface area (Å²) in [4.78, 5) is 22.0. The van der Waals surface area contributed by atoms with Crippen LogP contribution in [0.1, 0.15) is 46.5 Å². The molecule has 0 radical (unpaired) electrons. The van der Waals surface area contributed by atoms with E-state index in [1.807, 2.05) is 6.92 Å². The number of ketones is 1. The van der Waals surface area contributed by atoms with E-state index in [-0.39, 0.29) is 11.5 Å². The normalized spacial score (nSPS) is 14.8. The van der Waals surface area contributed by atoms with Gasteiger partial charge in [-0.05, 0) is 44.6 Å². The monoisotopic (exact) mass is 296 g/mol. The lowest BCUT2D eigenvalue weighted by Crippen LogP contribution is -2.22. The molecule has 118 valence electrons. The summed E-state index contributed by atoms with van der Waals surface area (Å²) < 4.78 is 5.10. The molecular formula is C16H24O5. The smallest absolute Gasteiger partial charge is 0.371 e. The Morgan fingerprint density at radius 3 is 2.43 bits per heavy atom. The Hall–Kier alpha value is -1.88. The Kier molecular flexibility index (Phi) is 8.31. The van der Waals surface area contributed by atoms with Crippen LogP contribution in [0.25, 0.3) is 0 Å². The third-order valence-electron chi connectivity index (χ3n) is 2.80. The fourth-order valence-electron chi connectivity index (χ4n) is 1.45. The van der Waals surface area contributed by atoms with Gasteiger partial charge in [0.05, 0.1) is 5.60 Å². The number of Topliss-reactive ketones (excluding diaryl/α,β-unsaturated/α-hetero) is 1. The average molecular weight is 296 g/mol. The van der Waals surface area contributed by atoms with Gasteiger partial charge in [-0.2, -0.15) is 0 Å². The minimum Gasteiger partial charge on any atom is -0.475 e. The van der Waals surface area contributed by atoms with Gasteiger partial charge in [-0.25, -0.2) is 4.79 Å². The van der Waals surface area contributed by atoms with E-state index in [4.69, 9.17) is 9.84 Å². The van der Waals surface area contributed by atoms with E-state index < -0.39 is 11.6 Å². The molecule has 0 spiro atoms. The highest BCUT2D eigenvalue weighted by Crippen LogP contribution is 2.17. The third-order valence-corrected chi connectivity index (χ3v) is 2.80. The molecule has 0 amide bonds. The number of hydrogen-bond donors (Lipinski definition) is 2. The second kappa shape index (κ2) is 9.13. The van der Waals surface area contributed by atoms with Crippen molar-refractivity contribution in [2.45, 2.75) is 52.1 Å². The van der Waals surface area contributed by atoms with Crippen LogP contribution in [0.15, 0.2) is 36.3 Å². The van der Waals surface area contributed by atoms with Crippen LogP contribution in [0.4, 0.5) is 0 Å². The van der Waals surface area contributed by atoms with Crippen molar-refractivity contribution in [3.63, 3.8) is 0 Å². The van der Waals surface area contributed by atoms with E-state index in [0.29, 0.717) is 31.4 Å². The summed E-state index contributed by atoms with van der Waals surface area (Å²) in [6.45, 7) is 8.52. The zero-order valence-electron chi connectivity index (χ0n) is 12.9. The van der Waals surface area contributed by atoms with Crippen molar-refractivity contribution in [3.05, 3.63) is 36.3 Å². The van der Waals surface area contributed by atoms with Crippen LogP contribution in [0, 0.1) is 0 Å². The molecule has 5 nitrogen and oxygen atoms in total. The first kappa shape index (κ1) is 19.1. The van der Waals surface area contributed by atoms with E-state index in [0.717, 1.165) is 0 Å². The number of carboxylic acids is 1. The molecule has 0 saturated heterocycles. The van der Waals surface area contributed by atoms with Gasteiger partial charge in [-0.3, -0.25) is 4.79 Å². The van der Waals surface area contributed by atoms with Crippen LogP contribution in [0.3, 0.4) is 0 Å². The molecule has 0 saturated carbocycles. The van der Waals surface area contributed by atoms with E-state index in [9.17, 15) is 14.7 Å². The Bertz CT molecular complexity index is 444. The fraction of sp³-hybridized carbons (Fsp3) is 0.500. The Balaban J connectivity index is 4.75. The number of hydrogen-bond acceptors (Lipinski definition) is 4. The zero-order valence-corrected chi connectivity index (χ0v) is 12.9. The van der Waals surface area contributed by atoms with Gasteiger partial charge in [0, 0.05) is 12.8 Å². The van der Waals surface area contributed by atoms with Crippen molar-refractivity contribution < 1.29 is 24.5 Å². The topological polar surface area (TPSA) is 83.8 Å². The van der Waals surface area contributed by atoms with Crippen LogP contribution < -0.4 is 0 Å². The van der Waals surface area contributed by atoms with Gasteiger partial charge >= 0.3 is 5.97 Å². The highest BCUT2D eigenvalue weighted by atomic mass is 16.5. The highest BCUT2D eigenvalue weighted by Gasteiger charge is 2.18. The number of allylic oxidation sites excluding steroid dienone is 2. The molecule has 0 heterocycles. The number of aliphatic carboxylic acids is 1. The van der Waals surface area contributed by atoms with Crippen molar-refractivity contribution in [3.8, 4) is 0 Å². The summed E-state index contributed by atoms with van der Waals surface area (Å²) in [6.07, 6.45) is 6.35. The number of ether oxygens (including phenoxy) is 1. The molecule has 0 aliphatic heterocycles. The Morgan fingerprint density at radius 2 is 1.95 bits per heavy atom. The Labute approximate surface area is 125 Å². The minimum absolute atomic E-state index is 0.0866. The van der Waals surface area contributed by atoms with E-state index in [1.165, 1.54) is 12.2 Å². The van der Waals surface area contributed by atoms with Crippen LogP contribution in [-0.2, 0) is 14.3 Å². The molecule has 0 aromatic heterocycles. The maximum atomic E-state index is 11.3. The molecule has 0 bridgehead atoms. The number of carbonyl (C=O) groups excluding carboxylic acids is 1. The van der Waals surface area contributed by atoms with Crippen molar-refractivity contribution in [2.24, 2.45) is 0 Å². The number of carbonyl (C=O) groups is 2. The zero-order chi connectivity index (χ0) is 16.5. The summed E-state index contributed by atoms with van der Waals surface area (Å²) >= 11 is 0. The van der Waals surface area contributed by atoms with Crippen molar-refractivity contribution >= 4 is 11.8 Å². The van der Waals surface area contributed by atoms with Gasteiger partial charge < -0.3 is 14.9 Å². The van der Waals surface area contributed by atoms with Crippen molar-refractivity contribution in [1.29, 1.82) is 0 Å². The molecule has 0 aromatic carbocycles. The molecule has 5 heteroatoms. The summed E-state index contributed by atoms with van der Waals surface area (Å²) in [7, 11) is 0. The lowest BCUT2D eigenvalue weighted by atomic mass is 9.97. The molecule has 2 N–H and O–H groups in total. The number of carboxylic acid groups (broad SMARTS) is 1. The molecule has 0 aliphatic carbocycles. The lowest BCUT2D eigenvalue weighted by Gasteiger charge is -2.18. The van der Waals surface area contributed by atoms with E-state index in [1.54, 1.807) is 19.9 Å². The van der Waals surface area contributed by atoms with Crippen molar-refractivity contribution in [1.82, 2.24) is 0 Å². The van der Waals surface area contributed by atoms with Gasteiger partial charge in [0.15, 0.2) is 0 Å². The van der Waals surface area contributed by atoms with Crippen LogP contribution in [0.2, 0.25) is 0 Å². The predicted octanol–water partition coefficient (Wildman–Crippen LogP) is 2.96. The molecule has 1 atom stereocenters. The quantitative estimate of drug-likeness (QED) is 0.368. The first-order chi connectivity index (χ1) is 9.71. The lowest BCUT2D eigenvalue weighted by molar-refractivity contribution is -0.135. The first-order valence-electron chi connectivity index (χ1n) is 6.95. The standard InChI is InChI=1S/C16H24O5/c1-5-7-14(21-12(3)15(18)19)9-11-16(4,20)10-8-13(17)6-2/h7,9,11,20H,3,5-6,8,10H2,1-2,4H3,(H,18,19)/b11-9+,14-7-. The van der Waals surface area contributed by atoms with Gasteiger partial charge in [0.1, 0.15) is 11.5 Å². The molecule has 21 heavy (non-hydrogen) atoms. The first-order valence-corrected chi connectivity index (χ1v) is 6.95. The largest absolute Gasteiger partial charge is 0.475 e. The molecule has 0 rings (SSSR count). The maximum absolute atomic E-state index is 11.3. The molecular weight excluding hydrogens is 272 g/mol. The maximum Gasteiger partial charge on any atom is 0.371 e. The van der Waals surface area contributed by atoms with E-state index >= 15 is 0 Å². The fourth-order valence-corrected chi connectivity index (χ4v) is 1.45. The van der Waals surface area contributed by atoms with Crippen LogP contribution in [0.5, 0.6) is 0 Å². The van der Waals surface area contributed by atoms with E-state index in [2.05, 4.69) is 6.58 Å². The summed E-state index contributed by atoms with van der Waals surface area (Å²) in [5, 5.41) is 18.9. The van der Waals surface area contributed by atoms with Crippen molar-refractivity contribution in [2.75, 3.05) is 0 Å². The van der Waals surface area contributed by atoms with Crippen LogP contribution >= 0.6 is 0 Å². The van der Waals surface area contributed by atoms with Gasteiger partial charge in [0.2, 0.25) is 5.76 Å². The number of aliphatic hydroxyl groups is 1. The molecule has 0 aliphatic rings. The van der Waals surface area contributed by atoms with Gasteiger partial charge in [-0.15, -0.1) is 0 Å². The van der Waals surface area contributed by atoms with Crippen LogP contribution in [-0.4, -0.2) is 27.6 Å². The van der Waals surface area contributed by atoms with Gasteiger partial charge in [0.25, 0.3) is 0 Å².